The molecule has 1 aliphatic carbocycles. The van der Waals surface area contributed by atoms with Crippen LogP contribution < -0.4 is 11.1 Å². The summed E-state index contributed by atoms with van der Waals surface area (Å²) in [6.07, 6.45) is 13.2. The molecule has 5 heteroatoms. The molecule has 3 N–H and O–H groups in total. The maximum absolute atomic E-state index is 12.6. The monoisotopic (exact) mass is 584 g/mol. The second-order valence-corrected chi connectivity index (χ2v) is 9.60. The number of hydrogen-bond acceptors (Lipinski definition) is 4. The smallest absolute Gasteiger partial charge is 0.247 e. The fraction of sp³-hybridized carbons (Fsp3) is 0.595. The van der Waals surface area contributed by atoms with E-state index in [1.807, 2.05) is 78.9 Å². The molecule has 2 atom stereocenters. The van der Waals surface area contributed by atoms with E-state index in [2.05, 4.69) is 50.1 Å². The predicted molar refractivity (Wildman–Crippen MR) is 185 cm³/mol. The number of pyridine rings is 1. The van der Waals surface area contributed by atoms with Crippen LogP contribution in [0.1, 0.15) is 130 Å². The summed E-state index contributed by atoms with van der Waals surface area (Å²) < 4.78 is 0. The molecular formula is C37H65N3O2. The zero-order valence-electron chi connectivity index (χ0n) is 29.3. The molecule has 1 aromatic heterocycles. The van der Waals surface area contributed by atoms with Crippen LogP contribution in [0.3, 0.4) is 0 Å². The van der Waals surface area contributed by atoms with Crippen molar-refractivity contribution >= 4 is 18.3 Å². The molecule has 42 heavy (non-hydrogen) atoms. The Morgan fingerprint density at radius 3 is 2.05 bits per heavy atom. The van der Waals surface area contributed by atoms with Crippen molar-refractivity contribution < 1.29 is 9.59 Å². The highest BCUT2D eigenvalue weighted by Crippen LogP contribution is 2.57. The fourth-order valence-corrected chi connectivity index (χ4v) is 4.66. The molecule has 2 unspecified atom stereocenters. The highest BCUT2D eigenvalue weighted by atomic mass is 16.1. The van der Waals surface area contributed by atoms with Crippen molar-refractivity contribution in [1.82, 2.24) is 10.3 Å². The van der Waals surface area contributed by atoms with E-state index in [0.29, 0.717) is 17.9 Å². The van der Waals surface area contributed by atoms with Gasteiger partial charge in [0.2, 0.25) is 5.91 Å². The van der Waals surface area contributed by atoms with Gasteiger partial charge in [-0.05, 0) is 85.8 Å². The molecule has 240 valence electrons. The molecule has 1 aromatic carbocycles. The lowest BCUT2D eigenvalue weighted by Gasteiger charge is -2.15. The van der Waals surface area contributed by atoms with Gasteiger partial charge in [0, 0.05) is 31.1 Å². The summed E-state index contributed by atoms with van der Waals surface area (Å²) in [7, 11) is 0. The number of hydrogen-bond donors (Lipinski definition) is 2. The summed E-state index contributed by atoms with van der Waals surface area (Å²) in [6.45, 7) is 25.7. The number of aromatic nitrogens is 1. The Bertz CT molecular complexity index is 971. The van der Waals surface area contributed by atoms with Crippen LogP contribution in [0.4, 0.5) is 0 Å². The Balaban J connectivity index is -0.000000697. The number of rotatable bonds is 10. The van der Waals surface area contributed by atoms with Crippen molar-refractivity contribution in [3.63, 3.8) is 0 Å². The third-order valence-corrected chi connectivity index (χ3v) is 7.01. The predicted octanol–water partition coefficient (Wildman–Crippen LogP) is 9.64. The highest BCUT2D eigenvalue weighted by molar-refractivity contribution is 5.98. The number of aldehydes is 1. The van der Waals surface area contributed by atoms with Gasteiger partial charge < -0.3 is 15.8 Å². The second kappa shape index (κ2) is 28.3. The van der Waals surface area contributed by atoms with Gasteiger partial charge in [-0.25, -0.2) is 0 Å². The Hall–Kier alpha value is -2.79. The molecule has 1 saturated carbocycles. The molecular weight excluding hydrogens is 518 g/mol. The average molecular weight is 584 g/mol. The lowest BCUT2D eigenvalue weighted by molar-refractivity contribution is -0.117. The molecule has 1 heterocycles. The number of nitrogens with two attached hydrogens (primary N) is 1. The van der Waals surface area contributed by atoms with Gasteiger partial charge in [0.05, 0.1) is 0 Å². The average Bonchev–Trinajstić information content (AvgIpc) is 3.73. The van der Waals surface area contributed by atoms with E-state index in [0.717, 1.165) is 42.4 Å². The first-order valence-electron chi connectivity index (χ1n) is 16.4. The van der Waals surface area contributed by atoms with Gasteiger partial charge >= 0.3 is 0 Å². The molecule has 2 aromatic rings. The van der Waals surface area contributed by atoms with Crippen LogP contribution in [-0.2, 0) is 16.1 Å². The summed E-state index contributed by atoms with van der Waals surface area (Å²) in [5, 5.41) is 3.19. The molecule has 0 aliphatic heterocycles. The van der Waals surface area contributed by atoms with Crippen molar-refractivity contribution in [3.05, 3.63) is 70.6 Å². The Kier molecular flexibility index (Phi) is 29.5. The van der Waals surface area contributed by atoms with E-state index < -0.39 is 0 Å². The largest absolute Gasteiger partial charge is 0.352 e. The normalized spacial score (nSPS) is 16.0. The highest BCUT2D eigenvalue weighted by Gasteiger charge is 2.51. The van der Waals surface area contributed by atoms with E-state index >= 15 is 0 Å². The van der Waals surface area contributed by atoms with Crippen LogP contribution >= 0.6 is 0 Å². The van der Waals surface area contributed by atoms with Crippen molar-refractivity contribution in [3.8, 4) is 0 Å². The Morgan fingerprint density at radius 2 is 1.60 bits per heavy atom. The standard InChI is InChI=1S/C21H32N2O.C8H11N.C2H4O.3C2H6/c1-5-8-18(12-17-9-11-22-14-16(17)4)20(24)23-15-19-13-21(19,7-3)10-6-2;1-7-4-2-3-5-8(7)6-9;1-2-3;3*1-2/h9,11-12,14,19H,5-8,10,13,15H2,1-4H3,(H,23,24);2-5H,6,9H2,1H3;2H,1H3;3*1-2H3/b18-12+;;;;;. The number of nitrogens with one attached hydrogen (secondary N) is 1. The van der Waals surface area contributed by atoms with E-state index in [4.69, 9.17) is 10.5 Å². The fourth-order valence-electron chi connectivity index (χ4n) is 4.66. The first kappa shape index (κ1) is 43.7. The Labute approximate surface area is 260 Å². The minimum absolute atomic E-state index is 0.0986. The summed E-state index contributed by atoms with van der Waals surface area (Å²) >= 11 is 0. The van der Waals surface area contributed by atoms with Crippen molar-refractivity contribution in [2.45, 2.75) is 128 Å². The van der Waals surface area contributed by atoms with Gasteiger partial charge in [-0.15, -0.1) is 0 Å². The van der Waals surface area contributed by atoms with Gasteiger partial charge in [0.25, 0.3) is 0 Å². The number of nitrogens with zero attached hydrogens (tertiary/aromatic N) is 1. The Morgan fingerprint density at radius 1 is 1.00 bits per heavy atom. The van der Waals surface area contributed by atoms with Crippen LogP contribution in [0.2, 0.25) is 0 Å². The summed E-state index contributed by atoms with van der Waals surface area (Å²) in [4.78, 5) is 25.6. The zero-order valence-corrected chi connectivity index (χ0v) is 29.3. The van der Waals surface area contributed by atoms with Gasteiger partial charge in [-0.2, -0.15) is 0 Å². The molecule has 0 spiro atoms. The molecule has 0 radical (unpaired) electrons. The number of amides is 1. The van der Waals surface area contributed by atoms with E-state index in [1.54, 1.807) is 6.20 Å². The van der Waals surface area contributed by atoms with Gasteiger partial charge in [0.15, 0.2) is 0 Å². The lowest BCUT2D eigenvalue weighted by atomic mass is 9.94. The van der Waals surface area contributed by atoms with Gasteiger partial charge in [0.1, 0.15) is 6.29 Å². The van der Waals surface area contributed by atoms with Crippen LogP contribution in [0.15, 0.2) is 48.3 Å². The van der Waals surface area contributed by atoms with Crippen LogP contribution in [0.5, 0.6) is 0 Å². The van der Waals surface area contributed by atoms with Gasteiger partial charge in [-0.3, -0.25) is 9.78 Å². The topological polar surface area (TPSA) is 85.1 Å². The van der Waals surface area contributed by atoms with Crippen molar-refractivity contribution in [2.75, 3.05) is 6.54 Å². The summed E-state index contributed by atoms with van der Waals surface area (Å²) in [5.41, 5.74) is 11.5. The van der Waals surface area contributed by atoms with Gasteiger partial charge in [-0.1, -0.05) is 106 Å². The van der Waals surface area contributed by atoms with Crippen LogP contribution in [0.25, 0.3) is 6.08 Å². The lowest BCUT2D eigenvalue weighted by Crippen LogP contribution is -2.28. The third-order valence-electron chi connectivity index (χ3n) is 7.01. The molecule has 1 fully saturated rings. The molecule has 0 saturated heterocycles. The SMILES string of the molecule is CC.CC.CC.CC=O.CCC/C(=C\c1ccncc1C)C(=O)NCC1CC1(CC)CCC.Cc1ccccc1CN. The number of carbonyl (C=O) groups is 2. The quantitative estimate of drug-likeness (QED) is 0.215. The van der Waals surface area contributed by atoms with E-state index in [9.17, 15) is 4.79 Å². The van der Waals surface area contributed by atoms with E-state index in [1.165, 1.54) is 43.7 Å². The molecule has 1 amide bonds. The van der Waals surface area contributed by atoms with Crippen molar-refractivity contribution in [2.24, 2.45) is 17.1 Å². The first-order chi connectivity index (χ1) is 20.3. The van der Waals surface area contributed by atoms with E-state index in [-0.39, 0.29) is 5.91 Å². The number of aryl methyl sites for hydroxylation is 2. The maximum atomic E-state index is 12.6. The zero-order chi connectivity index (χ0) is 33.0. The molecule has 0 bridgehead atoms. The molecule has 3 rings (SSSR count). The van der Waals surface area contributed by atoms with Crippen molar-refractivity contribution in [1.29, 1.82) is 0 Å². The number of carbonyl (C=O) groups excluding carboxylic acids is 2. The molecule has 5 nitrogen and oxygen atoms in total. The third kappa shape index (κ3) is 17.2. The summed E-state index contributed by atoms with van der Waals surface area (Å²) in [6, 6.07) is 10.1. The maximum Gasteiger partial charge on any atom is 0.247 e. The van der Waals surface area contributed by atoms with Crippen LogP contribution in [0, 0.1) is 25.2 Å². The minimum Gasteiger partial charge on any atom is -0.352 e. The van der Waals surface area contributed by atoms with Crippen LogP contribution in [-0.4, -0.2) is 23.7 Å². The second-order valence-electron chi connectivity index (χ2n) is 9.60. The molecule has 1 aliphatic rings. The summed E-state index contributed by atoms with van der Waals surface area (Å²) in [5.74, 6) is 0.762. The number of benzene rings is 1. The minimum atomic E-state index is 0.0986. The first-order valence-corrected chi connectivity index (χ1v) is 16.4.